The number of hydrogen-bond acceptors (Lipinski definition) is 2. The van der Waals surface area contributed by atoms with Gasteiger partial charge in [0.15, 0.2) is 5.78 Å². The van der Waals surface area contributed by atoms with Crippen molar-refractivity contribution >= 4 is 5.78 Å². The summed E-state index contributed by atoms with van der Waals surface area (Å²) in [7, 11) is 0. The Kier molecular flexibility index (Phi) is 2.81. The summed E-state index contributed by atoms with van der Waals surface area (Å²) in [6, 6.07) is 10.5. The van der Waals surface area contributed by atoms with Gasteiger partial charge < -0.3 is 0 Å². The van der Waals surface area contributed by atoms with Crippen LogP contribution in [0.4, 0.5) is 0 Å². The highest BCUT2D eigenvalue weighted by molar-refractivity contribution is 5.96. The highest BCUT2D eigenvalue weighted by Gasteiger charge is 2.62. The highest BCUT2D eigenvalue weighted by atomic mass is 16.1. The van der Waals surface area contributed by atoms with Gasteiger partial charge in [0.25, 0.3) is 0 Å². The Morgan fingerprint density at radius 2 is 1.83 bits per heavy atom. The molecule has 1 fully saturated rings. The van der Waals surface area contributed by atoms with Crippen molar-refractivity contribution in [2.45, 2.75) is 40.0 Å². The lowest BCUT2D eigenvalue weighted by Gasteiger charge is -2.51. The molecule has 1 saturated carbocycles. The molecule has 0 aliphatic heterocycles. The van der Waals surface area contributed by atoms with Crippen molar-refractivity contribution in [3.8, 4) is 6.07 Å². The Labute approximate surface area is 109 Å². The number of Topliss-reactive ketones (excluding diaryl/α,β-unsaturated/α-hetero) is 1. The zero-order valence-corrected chi connectivity index (χ0v) is 11.4. The largest absolute Gasteiger partial charge is 0.298 e. The number of carbonyl (C=O) groups excluding carboxylic acids is 1. The fraction of sp³-hybridized carbons (Fsp3) is 0.500. The molecule has 94 valence electrons. The summed E-state index contributed by atoms with van der Waals surface area (Å²) < 4.78 is 0. The number of carbonyl (C=O) groups is 1. The first-order chi connectivity index (χ1) is 8.33. The molecule has 0 saturated heterocycles. The van der Waals surface area contributed by atoms with Crippen molar-refractivity contribution in [3.63, 3.8) is 0 Å². The van der Waals surface area contributed by atoms with Gasteiger partial charge in [-0.2, -0.15) is 5.26 Å². The molecule has 2 heteroatoms. The average Bonchev–Trinajstić information content (AvgIpc) is 2.26. The van der Waals surface area contributed by atoms with E-state index < -0.39 is 5.41 Å². The van der Waals surface area contributed by atoms with E-state index in [1.54, 1.807) is 0 Å². The predicted octanol–water partition coefficient (Wildman–Crippen LogP) is 3.61. The van der Waals surface area contributed by atoms with E-state index in [2.05, 4.69) is 6.07 Å². The van der Waals surface area contributed by atoms with Crippen LogP contribution in [0.5, 0.6) is 0 Å². The smallest absolute Gasteiger partial charge is 0.154 e. The van der Waals surface area contributed by atoms with Gasteiger partial charge >= 0.3 is 0 Å². The van der Waals surface area contributed by atoms with E-state index >= 15 is 0 Å². The Morgan fingerprint density at radius 1 is 1.28 bits per heavy atom. The molecule has 2 rings (SSSR count). The molecule has 1 aliphatic carbocycles. The first-order valence-corrected chi connectivity index (χ1v) is 6.34. The number of aryl methyl sites for hydroxylation is 1. The van der Waals surface area contributed by atoms with E-state index in [9.17, 15) is 10.1 Å². The molecule has 0 amide bonds. The lowest BCUT2D eigenvalue weighted by molar-refractivity contribution is -0.144. The number of rotatable bonds is 1. The molecular weight excluding hydrogens is 222 g/mol. The number of ketones is 1. The fourth-order valence-electron chi connectivity index (χ4n) is 2.98. The van der Waals surface area contributed by atoms with Gasteiger partial charge in [-0.3, -0.25) is 4.79 Å². The molecule has 0 spiro atoms. The summed E-state index contributed by atoms with van der Waals surface area (Å²) >= 11 is 0. The maximum Gasteiger partial charge on any atom is 0.154 e. The number of nitriles is 1. The van der Waals surface area contributed by atoms with Crippen LogP contribution in [0.2, 0.25) is 0 Å². The van der Waals surface area contributed by atoms with Crippen molar-refractivity contribution in [2.75, 3.05) is 0 Å². The molecule has 0 bridgehead atoms. The SMILES string of the molecule is Cc1ccc([C@H]2CC(=O)[C@@]2(C#N)C(C)(C)C)cc1. The summed E-state index contributed by atoms with van der Waals surface area (Å²) in [5.74, 6) is 0.124. The minimum Gasteiger partial charge on any atom is -0.298 e. The van der Waals surface area contributed by atoms with Crippen LogP contribution in [-0.4, -0.2) is 5.78 Å². The van der Waals surface area contributed by atoms with E-state index in [1.165, 1.54) is 5.56 Å². The molecule has 1 aliphatic rings. The molecule has 18 heavy (non-hydrogen) atoms. The van der Waals surface area contributed by atoms with E-state index in [0.717, 1.165) is 5.56 Å². The molecule has 2 atom stereocenters. The lowest BCUT2D eigenvalue weighted by atomic mass is 9.47. The van der Waals surface area contributed by atoms with Crippen LogP contribution < -0.4 is 0 Å². The minimum absolute atomic E-state index is 0.0376. The van der Waals surface area contributed by atoms with Gasteiger partial charge in [-0.15, -0.1) is 0 Å². The van der Waals surface area contributed by atoms with Gasteiger partial charge in [0, 0.05) is 12.3 Å². The van der Waals surface area contributed by atoms with Gasteiger partial charge in [-0.1, -0.05) is 50.6 Å². The first kappa shape index (κ1) is 12.8. The van der Waals surface area contributed by atoms with Crippen LogP contribution in [0.1, 0.15) is 44.2 Å². The number of nitrogens with zero attached hydrogens (tertiary/aromatic N) is 1. The zero-order chi connectivity index (χ0) is 13.6. The quantitative estimate of drug-likeness (QED) is 0.753. The fourth-order valence-corrected chi connectivity index (χ4v) is 2.98. The molecule has 0 unspecified atom stereocenters. The molecule has 0 aromatic heterocycles. The van der Waals surface area contributed by atoms with Gasteiger partial charge in [0.05, 0.1) is 6.07 Å². The Balaban J connectivity index is 2.45. The molecule has 0 heterocycles. The van der Waals surface area contributed by atoms with Crippen molar-refractivity contribution in [1.82, 2.24) is 0 Å². The standard InChI is InChI=1S/C16H19NO/c1-11-5-7-12(8-6-11)13-9-14(18)16(13,10-17)15(2,3)4/h5-8,13H,9H2,1-4H3/t13-,16+/m1/s1. The molecular formula is C16H19NO. The second-order valence-electron chi connectivity index (χ2n) is 6.26. The maximum atomic E-state index is 12.1. The Morgan fingerprint density at radius 3 is 2.22 bits per heavy atom. The third-order valence-corrected chi connectivity index (χ3v) is 4.19. The lowest BCUT2D eigenvalue weighted by Crippen LogP contribution is -2.55. The van der Waals surface area contributed by atoms with Gasteiger partial charge in [-0.05, 0) is 17.9 Å². The van der Waals surface area contributed by atoms with E-state index in [-0.39, 0.29) is 17.1 Å². The third-order valence-electron chi connectivity index (χ3n) is 4.19. The van der Waals surface area contributed by atoms with Crippen LogP contribution in [-0.2, 0) is 4.79 Å². The Hall–Kier alpha value is -1.62. The second kappa shape index (κ2) is 3.95. The molecule has 1 aromatic carbocycles. The number of benzene rings is 1. The first-order valence-electron chi connectivity index (χ1n) is 6.34. The monoisotopic (exact) mass is 241 g/mol. The third kappa shape index (κ3) is 1.58. The van der Waals surface area contributed by atoms with Crippen molar-refractivity contribution < 1.29 is 4.79 Å². The predicted molar refractivity (Wildman–Crippen MR) is 71.0 cm³/mol. The van der Waals surface area contributed by atoms with Crippen LogP contribution >= 0.6 is 0 Å². The number of hydrogen-bond donors (Lipinski definition) is 0. The van der Waals surface area contributed by atoms with Gasteiger partial charge in [0.1, 0.15) is 5.41 Å². The minimum atomic E-state index is -0.859. The highest BCUT2D eigenvalue weighted by Crippen LogP contribution is 2.59. The summed E-state index contributed by atoms with van der Waals surface area (Å²) in [6.07, 6.45) is 0.494. The summed E-state index contributed by atoms with van der Waals surface area (Å²) in [6.45, 7) is 7.98. The van der Waals surface area contributed by atoms with Gasteiger partial charge in [0.2, 0.25) is 0 Å². The molecule has 2 nitrogen and oxygen atoms in total. The molecule has 1 aromatic rings. The average molecular weight is 241 g/mol. The Bertz CT molecular complexity index is 516. The molecule has 0 radical (unpaired) electrons. The molecule has 0 N–H and O–H groups in total. The van der Waals surface area contributed by atoms with E-state index in [1.807, 2.05) is 52.0 Å². The summed E-state index contributed by atoms with van der Waals surface area (Å²) in [4.78, 5) is 12.1. The second-order valence-corrected chi connectivity index (χ2v) is 6.26. The van der Waals surface area contributed by atoms with E-state index in [4.69, 9.17) is 0 Å². The van der Waals surface area contributed by atoms with Crippen molar-refractivity contribution in [1.29, 1.82) is 5.26 Å². The van der Waals surface area contributed by atoms with Gasteiger partial charge in [-0.25, -0.2) is 0 Å². The van der Waals surface area contributed by atoms with Crippen LogP contribution in [0.25, 0.3) is 0 Å². The topological polar surface area (TPSA) is 40.9 Å². The van der Waals surface area contributed by atoms with Crippen LogP contribution in [0, 0.1) is 29.1 Å². The van der Waals surface area contributed by atoms with Crippen LogP contribution in [0.15, 0.2) is 24.3 Å². The van der Waals surface area contributed by atoms with E-state index in [0.29, 0.717) is 6.42 Å². The zero-order valence-electron chi connectivity index (χ0n) is 11.4. The van der Waals surface area contributed by atoms with Crippen molar-refractivity contribution in [3.05, 3.63) is 35.4 Å². The normalized spacial score (nSPS) is 27.5. The van der Waals surface area contributed by atoms with Crippen molar-refractivity contribution in [2.24, 2.45) is 10.8 Å². The summed E-state index contributed by atoms with van der Waals surface area (Å²) in [5, 5.41) is 9.56. The summed E-state index contributed by atoms with van der Waals surface area (Å²) in [5.41, 5.74) is 1.12. The van der Waals surface area contributed by atoms with Crippen LogP contribution in [0.3, 0.4) is 0 Å². The maximum absolute atomic E-state index is 12.1.